The molecule has 0 saturated heterocycles. The number of carboxylic acids is 1. The lowest BCUT2D eigenvalue weighted by atomic mass is 9.88. The van der Waals surface area contributed by atoms with E-state index in [0.29, 0.717) is 22.4 Å². The zero-order valence-electron chi connectivity index (χ0n) is 12.3. The van der Waals surface area contributed by atoms with Gasteiger partial charge in [-0.15, -0.1) is 0 Å². The fourth-order valence-electron chi connectivity index (χ4n) is 3.10. The Morgan fingerprint density at radius 1 is 1.48 bits per heavy atom. The summed E-state index contributed by atoms with van der Waals surface area (Å²) >= 11 is 1.37. The van der Waals surface area contributed by atoms with Crippen molar-refractivity contribution in [3.8, 4) is 0 Å². The van der Waals surface area contributed by atoms with Crippen LogP contribution in [0.2, 0.25) is 0 Å². The fourth-order valence-corrected chi connectivity index (χ4v) is 3.73. The smallest absolute Gasteiger partial charge is 0.307 e. The number of alkyl halides is 1. The number of allylic oxidation sites excluding steroid dienone is 2. The highest BCUT2D eigenvalue weighted by Gasteiger charge is 2.43. The maximum atomic E-state index is 13.8. The molecule has 0 radical (unpaired) electrons. The van der Waals surface area contributed by atoms with Crippen LogP contribution in [-0.2, 0) is 9.59 Å². The second kappa shape index (κ2) is 5.73. The number of nitrogens with zero attached hydrogens (tertiary/aromatic N) is 1. The third-order valence-corrected chi connectivity index (χ3v) is 4.85. The number of aliphatic carboxylic acids is 1. The average Bonchev–Trinajstić information content (AvgIpc) is 3.09. The summed E-state index contributed by atoms with van der Waals surface area (Å²) in [4.78, 5) is 36.9. The van der Waals surface area contributed by atoms with Crippen molar-refractivity contribution in [2.45, 2.75) is 32.0 Å². The topological polar surface area (TPSA) is 74.7 Å². The SMILES string of the molecule is CC1=C(CC(=O)O)C2=CC(=O)C(F)CC2N1C(=O)c1ccsc1. The van der Waals surface area contributed by atoms with Crippen LogP contribution in [0.5, 0.6) is 0 Å². The van der Waals surface area contributed by atoms with E-state index >= 15 is 0 Å². The molecule has 7 heteroatoms. The first kappa shape index (κ1) is 15.6. The molecule has 0 bridgehead atoms. The van der Waals surface area contributed by atoms with Crippen LogP contribution in [0.1, 0.15) is 30.1 Å². The largest absolute Gasteiger partial charge is 0.481 e. The Balaban J connectivity index is 2.06. The van der Waals surface area contributed by atoms with Crippen molar-refractivity contribution < 1.29 is 23.9 Å². The van der Waals surface area contributed by atoms with E-state index in [4.69, 9.17) is 5.11 Å². The van der Waals surface area contributed by atoms with Crippen LogP contribution in [0.25, 0.3) is 0 Å². The maximum absolute atomic E-state index is 13.8. The third-order valence-electron chi connectivity index (χ3n) is 4.17. The Kier molecular flexibility index (Phi) is 3.89. The molecule has 1 amide bonds. The van der Waals surface area contributed by atoms with Gasteiger partial charge in [-0.2, -0.15) is 11.3 Å². The van der Waals surface area contributed by atoms with Gasteiger partial charge in [-0.3, -0.25) is 14.4 Å². The predicted molar refractivity (Wildman–Crippen MR) is 81.8 cm³/mol. The minimum atomic E-state index is -1.67. The third kappa shape index (κ3) is 2.61. The summed E-state index contributed by atoms with van der Waals surface area (Å²) in [5.74, 6) is -2.03. The molecule has 0 spiro atoms. The van der Waals surface area contributed by atoms with Gasteiger partial charge in [0.05, 0.1) is 18.0 Å². The summed E-state index contributed by atoms with van der Waals surface area (Å²) in [6.07, 6.45) is -0.951. The fraction of sp³-hybridized carbons (Fsp3) is 0.312. The number of hydrogen-bond acceptors (Lipinski definition) is 4. The number of halogens is 1. The van der Waals surface area contributed by atoms with Gasteiger partial charge in [-0.1, -0.05) is 0 Å². The van der Waals surface area contributed by atoms with Crippen LogP contribution in [0.3, 0.4) is 0 Å². The van der Waals surface area contributed by atoms with Crippen molar-refractivity contribution in [2.24, 2.45) is 0 Å². The van der Waals surface area contributed by atoms with Crippen molar-refractivity contribution in [1.82, 2.24) is 4.90 Å². The maximum Gasteiger partial charge on any atom is 0.307 e. The minimum Gasteiger partial charge on any atom is -0.481 e. The van der Waals surface area contributed by atoms with Crippen LogP contribution in [-0.4, -0.2) is 39.9 Å². The van der Waals surface area contributed by atoms with Crippen molar-refractivity contribution in [3.05, 3.63) is 45.3 Å². The number of rotatable bonds is 3. The predicted octanol–water partition coefficient (Wildman–Crippen LogP) is 2.56. The highest BCUT2D eigenvalue weighted by Crippen LogP contribution is 2.41. The summed E-state index contributed by atoms with van der Waals surface area (Å²) in [6, 6.07) is 1.05. The van der Waals surface area contributed by atoms with Gasteiger partial charge in [-0.05, 0) is 35.6 Å². The van der Waals surface area contributed by atoms with Gasteiger partial charge in [-0.25, -0.2) is 4.39 Å². The Bertz CT molecular complexity index is 750. The molecule has 0 saturated carbocycles. The Morgan fingerprint density at radius 2 is 2.22 bits per heavy atom. The first-order valence-corrected chi connectivity index (χ1v) is 8.01. The molecule has 1 aliphatic carbocycles. The van der Waals surface area contributed by atoms with Crippen molar-refractivity contribution in [3.63, 3.8) is 0 Å². The zero-order valence-corrected chi connectivity index (χ0v) is 13.1. The Hall–Kier alpha value is -2.28. The second-order valence-corrected chi connectivity index (χ2v) is 6.32. The average molecular weight is 335 g/mol. The van der Waals surface area contributed by atoms with Gasteiger partial charge in [0.25, 0.3) is 5.91 Å². The molecule has 0 aromatic carbocycles. The van der Waals surface area contributed by atoms with Gasteiger partial charge in [0.1, 0.15) is 0 Å². The van der Waals surface area contributed by atoms with Crippen LogP contribution in [0, 0.1) is 0 Å². The van der Waals surface area contributed by atoms with Crippen molar-refractivity contribution in [1.29, 1.82) is 0 Å². The number of thiophene rings is 1. The van der Waals surface area contributed by atoms with Gasteiger partial charge in [0, 0.05) is 17.5 Å². The van der Waals surface area contributed by atoms with Gasteiger partial charge in [0.15, 0.2) is 12.0 Å². The van der Waals surface area contributed by atoms with Crippen LogP contribution in [0.15, 0.2) is 39.7 Å². The summed E-state index contributed by atoms with van der Waals surface area (Å²) in [7, 11) is 0. The number of ketones is 1. The molecule has 5 nitrogen and oxygen atoms in total. The van der Waals surface area contributed by atoms with E-state index in [0.717, 1.165) is 6.08 Å². The van der Waals surface area contributed by atoms with Crippen LogP contribution < -0.4 is 0 Å². The Labute approximate surface area is 135 Å². The molecule has 1 aromatic heterocycles. The normalized spacial score (nSPS) is 23.8. The first-order valence-electron chi connectivity index (χ1n) is 7.07. The molecular formula is C16H14FNO4S. The van der Waals surface area contributed by atoms with E-state index in [9.17, 15) is 18.8 Å². The van der Waals surface area contributed by atoms with E-state index in [1.54, 1.807) is 23.8 Å². The van der Waals surface area contributed by atoms with E-state index in [-0.39, 0.29) is 18.7 Å². The zero-order chi connectivity index (χ0) is 16.7. The van der Waals surface area contributed by atoms with Gasteiger partial charge >= 0.3 is 5.97 Å². The van der Waals surface area contributed by atoms with Crippen LogP contribution in [0.4, 0.5) is 4.39 Å². The molecule has 2 unspecified atom stereocenters. The van der Waals surface area contributed by atoms with Crippen LogP contribution >= 0.6 is 11.3 Å². The number of hydrogen-bond donors (Lipinski definition) is 1. The number of carbonyl (C=O) groups is 3. The molecule has 120 valence electrons. The van der Waals surface area contributed by atoms with Crippen molar-refractivity contribution >= 4 is 29.0 Å². The number of amides is 1. The summed E-state index contributed by atoms with van der Waals surface area (Å²) in [6.45, 7) is 1.64. The van der Waals surface area contributed by atoms with E-state index < -0.39 is 24.0 Å². The molecule has 2 aliphatic rings. The lowest BCUT2D eigenvalue weighted by molar-refractivity contribution is -0.136. The lowest BCUT2D eigenvalue weighted by Crippen LogP contribution is -2.41. The molecule has 3 rings (SSSR count). The number of fused-ring (bicyclic) bond motifs is 1. The molecule has 23 heavy (non-hydrogen) atoms. The highest BCUT2D eigenvalue weighted by atomic mass is 32.1. The molecule has 1 aromatic rings. The standard InChI is InChI=1S/C16H14FNO4S/c1-8-10(5-15(20)21)11-4-14(19)12(17)6-13(11)18(8)16(22)9-2-3-23-7-9/h2-4,7,12-13H,5-6H2,1H3,(H,20,21). The second-order valence-electron chi connectivity index (χ2n) is 5.54. The van der Waals surface area contributed by atoms with E-state index in [2.05, 4.69) is 0 Å². The molecule has 1 aliphatic heterocycles. The number of carbonyl (C=O) groups excluding carboxylic acids is 2. The highest BCUT2D eigenvalue weighted by molar-refractivity contribution is 7.08. The summed E-state index contributed by atoms with van der Waals surface area (Å²) in [5, 5.41) is 12.5. The quantitative estimate of drug-likeness (QED) is 0.921. The molecule has 2 atom stereocenters. The molecular weight excluding hydrogens is 321 g/mol. The molecule has 2 heterocycles. The Morgan fingerprint density at radius 3 is 2.83 bits per heavy atom. The summed E-state index contributed by atoms with van der Waals surface area (Å²) < 4.78 is 13.8. The summed E-state index contributed by atoms with van der Waals surface area (Å²) in [5.41, 5.74) is 1.82. The van der Waals surface area contributed by atoms with Gasteiger partial charge < -0.3 is 10.0 Å². The lowest BCUT2D eigenvalue weighted by Gasteiger charge is -2.30. The van der Waals surface area contributed by atoms with Crippen molar-refractivity contribution in [2.75, 3.05) is 0 Å². The molecule has 1 N–H and O–H groups in total. The van der Waals surface area contributed by atoms with E-state index in [1.807, 2.05) is 0 Å². The minimum absolute atomic E-state index is 0.138. The van der Waals surface area contributed by atoms with E-state index in [1.165, 1.54) is 16.2 Å². The monoisotopic (exact) mass is 335 g/mol. The first-order chi connectivity index (χ1) is 10.9. The number of carboxylic acid groups (broad SMARTS) is 1. The molecule has 0 fully saturated rings. The van der Waals surface area contributed by atoms with Gasteiger partial charge in [0.2, 0.25) is 0 Å².